The molecule has 0 aliphatic carbocycles. The number of benzene rings is 3. The van der Waals surface area contributed by atoms with E-state index in [4.69, 9.17) is 16.3 Å². The number of carbonyl (C=O) groups is 3. The fourth-order valence-electron chi connectivity index (χ4n) is 5.38. The Balaban J connectivity index is 1.75. The number of rotatable bonds is 5. The first kappa shape index (κ1) is 24.5. The van der Waals surface area contributed by atoms with Gasteiger partial charge in [0.25, 0.3) is 0 Å². The summed E-state index contributed by atoms with van der Waals surface area (Å²) >= 11 is 9.78. The molecule has 0 saturated carbocycles. The van der Waals surface area contributed by atoms with Crippen molar-refractivity contribution in [2.75, 3.05) is 12.0 Å². The van der Waals surface area contributed by atoms with E-state index >= 15 is 0 Å². The zero-order valence-electron chi connectivity index (χ0n) is 19.4. The number of carbonyl (C=O) groups excluding carboxylic acids is 2. The molecule has 0 radical (unpaired) electrons. The van der Waals surface area contributed by atoms with Gasteiger partial charge >= 0.3 is 5.97 Å². The number of amides is 2. The first-order chi connectivity index (χ1) is 17.2. The van der Waals surface area contributed by atoms with Gasteiger partial charge < -0.3 is 9.84 Å². The summed E-state index contributed by atoms with van der Waals surface area (Å²) in [6.07, 6.45) is 0. The molecule has 4 atom stereocenters. The quantitative estimate of drug-likeness (QED) is 0.427. The molecule has 3 aromatic carbocycles. The van der Waals surface area contributed by atoms with Gasteiger partial charge in [0.15, 0.2) is 5.54 Å². The lowest BCUT2D eigenvalue weighted by Crippen LogP contribution is -2.53. The van der Waals surface area contributed by atoms with E-state index in [-0.39, 0.29) is 0 Å². The third kappa shape index (κ3) is 3.55. The van der Waals surface area contributed by atoms with Gasteiger partial charge in [0.2, 0.25) is 11.8 Å². The number of anilines is 1. The van der Waals surface area contributed by atoms with E-state index < -0.39 is 41.2 Å². The molecule has 0 aromatic heterocycles. The largest absolute Gasteiger partial charge is 0.496 e. The van der Waals surface area contributed by atoms with Crippen LogP contribution in [0.4, 0.5) is 5.69 Å². The van der Waals surface area contributed by atoms with Crippen molar-refractivity contribution in [1.82, 2.24) is 5.32 Å². The maximum Gasteiger partial charge on any atom is 0.329 e. The van der Waals surface area contributed by atoms with Gasteiger partial charge in [-0.2, -0.15) is 0 Å². The molecule has 0 bridgehead atoms. The topological polar surface area (TPSA) is 95.9 Å². The summed E-state index contributed by atoms with van der Waals surface area (Å²) in [6.45, 7) is 1.82. The first-order valence-corrected chi connectivity index (χ1v) is 12.4. The molecule has 9 heteroatoms. The Bertz CT molecular complexity index is 1400. The highest BCUT2D eigenvalue weighted by molar-refractivity contribution is 9.10. The number of fused-ring (bicyclic) bond motifs is 1. The van der Waals surface area contributed by atoms with Gasteiger partial charge in [-0.1, -0.05) is 63.9 Å². The van der Waals surface area contributed by atoms with Crippen LogP contribution >= 0.6 is 27.5 Å². The predicted octanol–water partition coefficient (Wildman–Crippen LogP) is 4.85. The highest BCUT2D eigenvalue weighted by Gasteiger charge is 2.69. The van der Waals surface area contributed by atoms with E-state index in [0.717, 1.165) is 14.9 Å². The Morgan fingerprint density at radius 2 is 1.81 bits per heavy atom. The highest BCUT2D eigenvalue weighted by Crippen LogP contribution is 2.55. The molecule has 4 unspecified atom stereocenters. The number of aryl methyl sites for hydroxylation is 1. The van der Waals surface area contributed by atoms with Gasteiger partial charge in [0.05, 0.1) is 24.6 Å². The zero-order valence-corrected chi connectivity index (χ0v) is 21.7. The minimum atomic E-state index is -1.85. The van der Waals surface area contributed by atoms with Gasteiger partial charge in [0, 0.05) is 21.1 Å². The molecule has 2 aliphatic heterocycles. The standard InChI is InChI=1S/C27H22BrClN2O5/c1-14-8-10-17(13-19(14)29)31-24(32)21-22(25(31)33)27(26(34)35,15-6-4-3-5-7-15)30-23(21)18-12-16(28)9-11-20(18)36-2/h3-13,21-23,30H,1-2H3,(H,34,35). The Morgan fingerprint density at radius 1 is 1.08 bits per heavy atom. The monoisotopic (exact) mass is 568 g/mol. The Labute approximate surface area is 221 Å². The number of imide groups is 1. The number of hydrogen-bond acceptors (Lipinski definition) is 5. The van der Waals surface area contributed by atoms with E-state index in [2.05, 4.69) is 21.2 Å². The van der Waals surface area contributed by atoms with Crippen molar-refractivity contribution in [3.8, 4) is 5.75 Å². The van der Waals surface area contributed by atoms with Crippen LogP contribution in [0.25, 0.3) is 0 Å². The number of ether oxygens (including phenoxy) is 1. The number of nitrogens with zero attached hydrogens (tertiary/aromatic N) is 1. The van der Waals surface area contributed by atoms with Gasteiger partial charge in [-0.15, -0.1) is 0 Å². The molecule has 2 heterocycles. The molecule has 3 aromatic rings. The minimum absolute atomic E-state index is 0.308. The van der Waals surface area contributed by atoms with Crippen LogP contribution in [0.3, 0.4) is 0 Å². The fraction of sp³-hybridized carbons (Fsp3) is 0.222. The summed E-state index contributed by atoms with van der Waals surface area (Å²) in [6, 6.07) is 17.9. The molecular formula is C27H22BrClN2O5. The van der Waals surface area contributed by atoms with Crippen LogP contribution in [0.1, 0.15) is 22.7 Å². The van der Waals surface area contributed by atoms with Crippen LogP contribution in [-0.2, 0) is 19.9 Å². The summed E-state index contributed by atoms with van der Waals surface area (Å²) < 4.78 is 6.29. The number of hydrogen-bond donors (Lipinski definition) is 2. The summed E-state index contributed by atoms with van der Waals surface area (Å²) in [7, 11) is 1.50. The maximum absolute atomic E-state index is 14.0. The van der Waals surface area contributed by atoms with E-state index in [9.17, 15) is 19.5 Å². The van der Waals surface area contributed by atoms with E-state index in [0.29, 0.717) is 27.6 Å². The van der Waals surface area contributed by atoms with Gasteiger partial charge in [-0.3, -0.25) is 14.9 Å². The maximum atomic E-state index is 14.0. The summed E-state index contributed by atoms with van der Waals surface area (Å²) in [4.78, 5) is 42.1. The molecule has 2 saturated heterocycles. The van der Waals surface area contributed by atoms with Gasteiger partial charge in [-0.05, 0) is 48.4 Å². The summed E-state index contributed by atoms with van der Waals surface area (Å²) in [5, 5.41) is 14.2. The lowest BCUT2D eigenvalue weighted by Gasteiger charge is -2.32. The van der Waals surface area contributed by atoms with Crippen molar-refractivity contribution in [3.63, 3.8) is 0 Å². The first-order valence-electron chi connectivity index (χ1n) is 11.2. The van der Waals surface area contributed by atoms with Crippen LogP contribution < -0.4 is 15.0 Å². The van der Waals surface area contributed by atoms with Crippen LogP contribution in [0.15, 0.2) is 71.2 Å². The second-order valence-electron chi connectivity index (χ2n) is 8.94. The van der Waals surface area contributed by atoms with Crippen LogP contribution in [0, 0.1) is 18.8 Å². The molecule has 184 valence electrons. The molecule has 2 N–H and O–H groups in total. The van der Waals surface area contributed by atoms with Gasteiger partial charge in [0.1, 0.15) is 5.75 Å². The van der Waals surface area contributed by atoms with E-state index in [1.54, 1.807) is 66.7 Å². The summed E-state index contributed by atoms with van der Waals surface area (Å²) in [5.41, 5.74) is 0.212. The molecule has 7 nitrogen and oxygen atoms in total. The Morgan fingerprint density at radius 3 is 2.44 bits per heavy atom. The van der Waals surface area contributed by atoms with Crippen molar-refractivity contribution < 1.29 is 24.2 Å². The number of halogens is 2. The third-order valence-electron chi connectivity index (χ3n) is 7.07. The molecule has 36 heavy (non-hydrogen) atoms. The molecule has 2 fully saturated rings. The SMILES string of the molecule is COc1ccc(Br)cc1C1NC(C(=O)O)(c2ccccc2)C2C(=O)N(c3ccc(C)c(Cl)c3)C(=O)C12. The predicted molar refractivity (Wildman–Crippen MR) is 138 cm³/mol. The molecule has 5 rings (SSSR count). The van der Waals surface area contributed by atoms with Crippen LogP contribution in [-0.4, -0.2) is 30.0 Å². The third-order valence-corrected chi connectivity index (χ3v) is 7.97. The Hall–Kier alpha value is -3.20. The number of aliphatic carboxylic acids is 1. The van der Waals surface area contributed by atoms with Gasteiger partial charge in [-0.25, -0.2) is 9.69 Å². The highest BCUT2D eigenvalue weighted by atomic mass is 79.9. The second kappa shape index (κ2) is 9.03. The molecule has 2 amide bonds. The van der Waals surface area contributed by atoms with Crippen molar-refractivity contribution in [2.45, 2.75) is 18.5 Å². The van der Waals surface area contributed by atoms with Crippen molar-refractivity contribution >= 4 is 51.0 Å². The average molecular weight is 570 g/mol. The lowest BCUT2D eigenvalue weighted by molar-refractivity contribution is -0.149. The number of carboxylic acids is 1. The van der Waals surface area contributed by atoms with Crippen LogP contribution in [0.2, 0.25) is 5.02 Å². The minimum Gasteiger partial charge on any atom is -0.496 e. The lowest BCUT2D eigenvalue weighted by atomic mass is 9.75. The molecule has 2 aliphatic rings. The smallest absolute Gasteiger partial charge is 0.329 e. The van der Waals surface area contributed by atoms with Crippen molar-refractivity contribution in [2.24, 2.45) is 11.8 Å². The fourth-order valence-corrected chi connectivity index (χ4v) is 5.94. The number of carboxylic acid groups (broad SMARTS) is 1. The van der Waals surface area contributed by atoms with Crippen LogP contribution in [0.5, 0.6) is 5.75 Å². The number of nitrogens with one attached hydrogen (secondary N) is 1. The average Bonchev–Trinajstić information content (AvgIpc) is 3.36. The Kier molecular flexibility index (Phi) is 6.14. The zero-order chi connectivity index (χ0) is 25.8. The van der Waals surface area contributed by atoms with Crippen molar-refractivity contribution in [1.29, 1.82) is 0 Å². The summed E-state index contributed by atoms with van der Waals surface area (Å²) in [5.74, 6) is -4.08. The van der Waals surface area contributed by atoms with E-state index in [1.807, 2.05) is 6.92 Å². The molecule has 0 spiro atoms. The second-order valence-corrected chi connectivity index (χ2v) is 10.3. The number of methoxy groups -OCH3 is 1. The van der Waals surface area contributed by atoms with Crippen molar-refractivity contribution in [3.05, 3.63) is 92.9 Å². The van der Waals surface area contributed by atoms with E-state index in [1.165, 1.54) is 7.11 Å². The normalized spacial score (nSPS) is 25.2. The molecular weight excluding hydrogens is 548 g/mol.